The number of nitrogens with zero attached hydrogens (tertiary/aromatic N) is 3. The Bertz CT molecular complexity index is 1070. The summed E-state index contributed by atoms with van der Waals surface area (Å²) in [4.78, 5) is 16.2. The second-order valence-electron chi connectivity index (χ2n) is 5.50. The smallest absolute Gasteiger partial charge is 0.354 e. The highest BCUT2D eigenvalue weighted by Crippen LogP contribution is 2.24. The summed E-state index contributed by atoms with van der Waals surface area (Å²) in [5.74, 6) is -1.44. The molecule has 0 bridgehead atoms. The lowest BCUT2D eigenvalue weighted by Crippen LogP contribution is -2.08. The Hall–Kier alpha value is -3.54. The zero-order valence-electron chi connectivity index (χ0n) is 12.9. The zero-order chi connectivity index (χ0) is 17.4. The first kappa shape index (κ1) is 15.0. The van der Waals surface area contributed by atoms with Crippen molar-refractivity contribution < 1.29 is 14.3 Å². The number of aromatic carboxylic acids is 1. The molecule has 5 nitrogen and oxygen atoms in total. The molecule has 0 saturated heterocycles. The van der Waals surface area contributed by atoms with E-state index in [9.17, 15) is 14.3 Å². The normalized spacial score (nSPS) is 10.9. The molecule has 6 heteroatoms. The van der Waals surface area contributed by atoms with Gasteiger partial charge in [-0.25, -0.2) is 18.7 Å². The van der Waals surface area contributed by atoms with Gasteiger partial charge >= 0.3 is 5.97 Å². The molecule has 2 aromatic carbocycles. The Labute approximate surface area is 142 Å². The highest BCUT2D eigenvalue weighted by Gasteiger charge is 2.16. The fraction of sp³-hybridized carbons (Fsp3) is 0. The molecule has 0 atom stereocenters. The number of benzene rings is 2. The predicted molar refractivity (Wildman–Crippen MR) is 90.8 cm³/mol. The van der Waals surface area contributed by atoms with E-state index in [4.69, 9.17) is 0 Å². The summed E-state index contributed by atoms with van der Waals surface area (Å²) < 4.78 is 14.4. The lowest BCUT2D eigenvalue weighted by molar-refractivity contribution is 0.0687. The van der Waals surface area contributed by atoms with Gasteiger partial charge in [0, 0.05) is 17.2 Å². The zero-order valence-corrected chi connectivity index (χ0v) is 12.9. The van der Waals surface area contributed by atoms with E-state index in [1.807, 2.05) is 30.3 Å². The van der Waals surface area contributed by atoms with E-state index in [0.29, 0.717) is 22.6 Å². The third kappa shape index (κ3) is 2.74. The van der Waals surface area contributed by atoms with Crippen LogP contribution in [0, 0.1) is 5.82 Å². The van der Waals surface area contributed by atoms with Gasteiger partial charge in [-0.05, 0) is 30.3 Å². The molecule has 0 aliphatic rings. The van der Waals surface area contributed by atoms with Crippen LogP contribution < -0.4 is 0 Å². The second kappa shape index (κ2) is 5.83. The molecule has 2 heterocycles. The van der Waals surface area contributed by atoms with Crippen LogP contribution in [0.3, 0.4) is 0 Å². The Morgan fingerprint density at radius 1 is 0.920 bits per heavy atom. The molecule has 2 aromatic heterocycles. The van der Waals surface area contributed by atoms with Crippen LogP contribution in [0.5, 0.6) is 0 Å². The largest absolute Gasteiger partial charge is 0.477 e. The van der Waals surface area contributed by atoms with E-state index in [2.05, 4.69) is 10.1 Å². The minimum Gasteiger partial charge on any atom is -0.477 e. The minimum atomic E-state index is -1.10. The van der Waals surface area contributed by atoms with Crippen LogP contribution in [0.25, 0.3) is 28.2 Å². The van der Waals surface area contributed by atoms with Crippen molar-refractivity contribution in [3.63, 3.8) is 0 Å². The maximum atomic E-state index is 13.1. The Morgan fingerprint density at radius 3 is 2.28 bits per heavy atom. The number of hydrogen-bond acceptors (Lipinski definition) is 3. The summed E-state index contributed by atoms with van der Waals surface area (Å²) in [6.45, 7) is 0. The fourth-order valence-electron chi connectivity index (χ4n) is 2.65. The van der Waals surface area contributed by atoms with Crippen molar-refractivity contribution in [3.05, 3.63) is 78.2 Å². The van der Waals surface area contributed by atoms with Crippen molar-refractivity contribution in [2.75, 3.05) is 0 Å². The van der Waals surface area contributed by atoms with Gasteiger partial charge < -0.3 is 5.11 Å². The topological polar surface area (TPSA) is 67.5 Å². The summed E-state index contributed by atoms with van der Waals surface area (Å²) in [5, 5.41) is 13.9. The molecule has 0 radical (unpaired) electrons. The number of aromatic nitrogens is 3. The Kier molecular flexibility index (Phi) is 3.50. The summed E-state index contributed by atoms with van der Waals surface area (Å²) in [5.41, 5.74) is 3.01. The van der Waals surface area contributed by atoms with Gasteiger partial charge in [0.05, 0.1) is 11.4 Å². The molecule has 4 aromatic rings. The summed E-state index contributed by atoms with van der Waals surface area (Å²) in [6, 6.07) is 18.4. The molecule has 0 amide bonds. The van der Waals surface area contributed by atoms with E-state index in [0.717, 1.165) is 5.56 Å². The number of hydrogen-bond donors (Lipinski definition) is 1. The van der Waals surface area contributed by atoms with Crippen LogP contribution in [-0.4, -0.2) is 25.7 Å². The molecular formula is C19H12FN3O2. The molecule has 0 aliphatic heterocycles. The van der Waals surface area contributed by atoms with Crippen LogP contribution in [0.4, 0.5) is 4.39 Å². The first-order valence-electron chi connectivity index (χ1n) is 7.57. The average molecular weight is 333 g/mol. The molecule has 0 fully saturated rings. The Balaban J connectivity index is 1.92. The van der Waals surface area contributed by atoms with Crippen LogP contribution in [0.15, 0.2) is 66.7 Å². The number of carboxylic acid groups (broad SMARTS) is 1. The van der Waals surface area contributed by atoms with Gasteiger partial charge in [-0.3, -0.25) is 0 Å². The molecule has 4 rings (SSSR count). The number of carbonyl (C=O) groups is 1. The highest BCUT2D eigenvalue weighted by molar-refractivity contribution is 5.88. The number of halogens is 1. The van der Waals surface area contributed by atoms with E-state index >= 15 is 0 Å². The van der Waals surface area contributed by atoms with Gasteiger partial charge in [0.1, 0.15) is 5.82 Å². The molecule has 122 valence electrons. The van der Waals surface area contributed by atoms with E-state index in [1.54, 1.807) is 18.2 Å². The SMILES string of the molecule is O=C(O)c1cc(-c2ccccc2)nc2cc(-c3ccc(F)cc3)nn12. The van der Waals surface area contributed by atoms with Gasteiger partial charge in [-0.15, -0.1) is 0 Å². The van der Waals surface area contributed by atoms with Crippen molar-refractivity contribution in [1.29, 1.82) is 0 Å². The second-order valence-corrected chi connectivity index (χ2v) is 5.50. The quantitative estimate of drug-likeness (QED) is 0.617. The van der Waals surface area contributed by atoms with Gasteiger partial charge in [-0.2, -0.15) is 5.10 Å². The van der Waals surface area contributed by atoms with Crippen molar-refractivity contribution in [1.82, 2.24) is 14.6 Å². The van der Waals surface area contributed by atoms with E-state index in [-0.39, 0.29) is 11.5 Å². The van der Waals surface area contributed by atoms with Crippen LogP contribution in [0.2, 0.25) is 0 Å². The third-order valence-electron chi connectivity index (χ3n) is 3.86. The maximum absolute atomic E-state index is 13.1. The fourth-order valence-corrected chi connectivity index (χ4v) is 2.65. The predicted octanol–water partition coefficient (Wildman–Crippen LogP) is 3.90. The molecule has 0 unspecified atom stereocenters. The number of fused-ring (bicyclic) bond motifs is 1. The van der Waals surface area contributed by atoms with Gasteiger partial charge in [0.2, 0.25) is 0 Å². The summed E-state index contributed by atoms with van der Waals surface area (Å²) in [6.07, 6.45) is 0. The monoisotopic (exact) mass is 333 g/mol. The van der Waals surface area contributed by atoms with Crippen molar-refractivity contribution in [2.24, 2.45) is 0 Å². The van der Waals surface area contributed by atoms with Crippen molar-refractivity contribution in [2.45, 2.75) is 0 Å². The molecule has 0 spiro atoms. The first-order chi connectivity index (χ1) is 12.1. The van der Waals surface area contributed by atoms with E-state index in [1.165, 1.54) is 22.7 Å². The molecular weight excluding hydrogens is 321 g/mol. The lowest BCUT2D eigenvalue weighted by atomic mass is 10.1. The van der Waals surface area contributed by atoms with Crippen LogP contribution in [0.1, 0.15) is 10.5 Å². The lowest BCUT2D eigenvalue weighted by Gasteiger charge is -2.04. The van der Waals surface area contributed by atoms with Gasteiger partial charge in [-0.1, -0.05) is 30.3 Å². The maximum Gasteiger partial charge on any atom is 0.354 e. The van der Waals surface area contributed by atoms with Gasteiger partial charge in [0.25, 0.3) is 0 Å². The first-order valence-corrected chi connectivity index (χ1v) is 7.57. The minimum absolute atomic E-state index is 0.0113. The number of rotatable bonds is 3. The van der Waals surface area contributed by atoms with Crippen LogP contribution in [-0.2, 0) is 0 Å². The number of carboxylic acids is 1. The molecule has 0 aliphatic carbocycles. The standard InChI is InChI=1S/C19H12FN3O2/c20-14-8-6-13(7-9-14)16-11-18-21-15(12-4-2-1-3-5-12)10-17(19(24)25)23(18)22-16/h1-11H,(H,24,25). The van der Waals surface area contributed by atoms with Crippen molar-refractivity contribution >= 4 is 11.6 Å². The third-order valence-corrected chi connectivity index (χ3v) is 3.86. The molecule has 1 N–H and O–H groups in total. The highest BCUT2D eigenvalue weighted by atomic mass is 19.1. The summed E-state index contributed by atoms with van der Waals surface area (Å²) >= 11 is 0. The molecule has 0 saturated carbocycles. The van der Waals surface area contributed by atoms with Crippen LogP contribution >= 0.6 is 0 Å². The van der Waals surface area contributed by atoms with Crippen molar-refractivity contribution in [3.8, 4) is 22.5 Å². The van der Waals surface area contributed by atoms with Gasteiger partial charge in [0.15, 0.2) is 11.3 Å². The average Bonchev–Trinajstić information content (AvgIpc) is 3.06. The molecule has 25 heavy (non-hydrogen) atoms. The van der Waals surface area contributed by atoms with E-state index < -0.39 is 5.97 Å². The Morgan fingerprint density at radius 2 is 1.60 bits per heavy atom. The summed E-state index contributed by atoms with van der Waals surface area (Å²) in [7, 11) is 0.